The Hall–Kier alpha value is -1.88. The number of hydrogen-bond acceptors (Lipinski definition) is 3. The van der Waals surface area contributed by atoms with Gasteiger partial charge in [-0.3, -0.25) is 0 Å². The SMILES string of the molecule is O=C(O)c1ccc(OCc2cccs2)cc1F. The van der Waals surface area contributed by atoms with Crippen molar-refractivity contribution in [1.29, 1.82) is 0 Å². The van der Waals surface area contributed by atoms with E-state index in [0.717, 1.165) is 10.9 Å². The molecule has 17 heavy (non-hydrogen) atoms. The second-order valence-electron chi connectivity index (χ2n) is 3.31. The lowest BCUT2D eigenvalue weighted by Crippen LogP contribution is -2.01. The molecule has 0 aliphatic carbocycles. The van der Waals surface area contributed by atoms with Crippen molar-refractivity contribution in [1.82, 2.24) is 0 Å². The van der Waals surface area contributed by atoms with E-state index < -0.39 is 11.8 Å². The number of hydrogen-bond donors (Lipinski definition) is 1. The predicted octanol–water partition coefficient (Wildman–Crippen LogP) is 3.16. The molecule has 0 fully saturated rings. The number of ether oxygens (including phenoxy) is 1. The van der Waals surface area contributed by atoms with Crippen molar-refractivity contribution in [2.24, 2.45) is 0 Å². The van der Waals surface area contributed by atoms with Gasteiger partial charge in [-0.2, -0.15) is 0 Å². The van der Waals surface area contributed by atoms with E-state index in [1.165, 1.54) is 12.1 Å². The maximum absolute atomic E-state index is 13.3. The van der Waals surface area contributed by atoms with Crippen molar-refractivity contribution in [3.05, 3.63) is 52.0 Å². The molecule has 88 valence electrons. The highest BCUT2D eigenvalue weighted by molar-refractivity contribution is 7.09. The smallest absolute Gasteiger partial charge is 0.338 e. The lowest BCUT2D eigenvalue weighted by molar-refractivity contribution is 0.0692. The normalized spacial score (nSPS) is 10.2. The summed E-state index contributed by atoms with van der Waals surface area (Å²) >= 11 is 1.54. The van der Waals surface area contributed by atoms with E-state index in [0.29, 0.717) is 12.4 Å². The summed E-state index contributed by atoms with van der Waals surface area (Å²) in [5.74, 6) is -1.76. The lowest BCUT2D eigenvalue weighted by atomic mass is 10.2. The quantitative estimate of drug-likeness (QED) is 0.909. The molecular weight excluding hydrogens is 243 g/mol. The Balaban J connectivity index is 2.07. The Kier molecular flexibility index (Phi) is 3.39. The molecule has 3 nitrogen and oxygen atoms in total. The third kappa shape index (κ3) is 2.82. The number of thiophene rings is 1. The van der Waals surface area contributed by atoms with Crippen molar-refractivity contribution in [2.45, 2.75) is 6.61 Å². The lowest BCUT2D eigenvalue weighted by Gasteiger charge is -2.05. The largest absolute Gasteiger partial charge is 0.488 e. The molecule has 1 aromatic carbocycles. The van der Waals surface area contributed by atoms with Crippen LogP contribution in [-0.4, -0.2) is 11.1 Å². The van der Waals surface area contributed by atoms with Crippen molar-refractivity contribution in [3.63, 3.8) is 0 Å². The van der Waals surface area contributed by atoms with Gasteiger partial charge in [0.05, 0.1) is 5.56 Å². The van der Waals surface area contributed by atoms with Gasteiger partial charge in [-0.05, 0) is 23.6 Å². The molecule has 2 aromatic rings. The molecule has 0 spiro atoms. The summed E-state index contributed by atoms with van der Waals surface area (Å²) in [5, 5.41) is 10.6. The third-order valence-corrected chi connectivity index (χ3v) is 2.98. The molecule has 0 bridgehead atoms. The van der Waals surface area contributed by atoms with E-state index >= 15 is 0 Å². The molecule has 0 atom stereocenters. The van der Waals surface area contributed by atoms with Crippen LogP contribution < -0.4 is 4.74 Å². The fourth-order valence-corrected chi connectivity index (χ4v) is 1.92. The van der Waals surface area contributed by atoms with E-state index in [1.54, 1.807) is 11.3 Å². The van der Waals surface area contributed by atoms with Crippen molar-refractivity contribution in [2.75, 3.05) is 0 Å². The molecule has 2 rings (SSSR count). The van der Waals surface area contributed by atoms with Gasteiger partial charge < -0.3 is 9.84 Å². The average molecular weight is 252 g/mol. The molecule has 0 radical (unpaired) electrons. The van der Waals surface area contributed by atoms with Crippen LogP contribution in [0.5, 0.6) is 5.75 Å². The van der Waals surface area contributed by atoms with Crippen LogP contribution in [0, 0.1) is 5.82 Å². The summed E-state index contributed by atoms with van der Waals surface area (Å²) in [6.07, 6.45) is 0. The highest BCUT2D eigenvalue weighted by Gasteiger charge is 2.10. The van der Waals surface area contributed by atoms with Crippen LogP contribution >= 0.6 is 11.3 Å². The van der Waals surface area contributed by atoms with Crippen LogP contribution in [0.25, 0.3) is 0 Å². The van der Waals surface area contributed by atoms with Crippen molar-refractivity contribution < 1.29 is 19.0 Å². The van der Waals surface area contributed by atoms with Gasteiger partial charge in [-0.15, -0.1) is 11.3 Å². The first-order chi connectivity index (χ1) is 8.16. The topological polar surface area (TPSA) is 46.5 Å². The fraction of sp³-hybridized carbons (Fsp3) is 0.0833. The number of rotatable bonds is 4. The fourth-order valence-electron chi connectivity index (χ4n) is 1.31. The standard InChI is InChI=1S/C12H9FO3S/c13-11-6-8(3-4-10(11)12(14)15)16-7-9-2-1-5-17-9/h1-6H,7H2,(H,14,15). The minimum atomic E-state index is -1.28. The van der Waals surface area contributed by atoms with E-state index in [9.17, 15) is 9.18 Å². The Morgan fingerprint density at radius 1 is 1.41 bits per heavy atom. The van der Waals surface area contributed by atoms with Gasteiger partial charge in [0.2, 0.25) is 0 Å². The number of carbonyl (C=O) groups is 1. The monoisotopic (exact) mass is 252 g/mol. The van der Waals surface area contributed by atoms with Crippen LogP contribution in [0.1, 0.15) is 15.2 Å². The van der Waals surface area contributed by atoms with E-state index in [-0.39, 0.29) is 5.56 Å². The zero-order valence-electron chi connectivity index (χ0n) is 8.72. The van der Waals surface area contributed by atoms with Gasteiger partial charge in [0.15, 0.2) is 0 Å². The zero-order valence-corrected chi connectivity index (χ0v) is 9.54. The van der Waals surface area contributed by atoms with Crippen molar-refractivity contribution >= 4 is 17.3 Å². The maximum atomic E-state index is 13.3. The summed E-state index contributed by atoms with van der Waals surface area (Å²) in [6, 6.07) is 7.53. The van der Waals surface area contributed by atoms with Crippen LogP contribution in [0.3, 0.4) is 0 Å². The molecule has 0 saturated heterocycles. The van der Waals surface area contributed by atoms with Crippen LogP contribution in [0.15, 0.2) is 35.7 Å². The molecular formula is C12H9FO3S. The Morgan fingerprint density at radius 2 is 2.24 bits per heavy atom. The number of carboxylic acids is 1. The van der Waals surface area contributed by atoms with Crippen LogP contribution in [0.4, 0.5) is 4.39 Å². The molecule has 0 amide bonds. The molecule has 0 unspecified atom stereocenters. The summed E-state index contributed by atoms with van der Waals surface area (Å²) in [4.78, 5) is 11.6. The number of benzene rings is 1. The summed E-state index contributed by atoms with van der Waals surface area (Å²) in [7, 11) is 0. The first-order valence-electron chi connectivity index (χ1n) is 4.85. The number of halogens is 1. The van der Waals surface area contributed by atoms with E-state index in [2.05, 4.69) is 0 Å². The van der Waals surface area contributed by atoms with Gasteiger partial charge >= 0.3 is 5.97 Å². The van der Waals surface area contributed by atoms with Gasteiger partial charge in [0, 0.05) is 10.9 Å². The Morgan fingerprint density at radius 3 is 2.82 bits per heavy atom. The second kappa shape index (κ2) is 4.97. The maximum Gasteiger partial charge on any atom is 0.338 e. The average Bonchev–Trinajstić information content (AvgIpc) is 2.78. The molecule has 1 heterocycles. The molecule has 1 N–H and O–H groups in total. The number of aromatic carboxylic acids is 1. The highest BCUT2D eigenvalue weighted by Crippen LogP contribution is 2.19. The van der Waals surface area contributed by atoms with Gasteiger partial charge in [-0.1, -0.05) is 6.07 Å². The summed E-state index contributed by atoms with van der Waals surface area (Å²) in [5.41, 5.74) is -0.353. The first kappa shape index (κ1) is 11.6. The highest BCUT2D eigenvalue weighted by atomic mass is 32.1. The van der Waals surface area contributed by atoms with E-state index in [1.807, 2.05) is 17.5 Å². The third-order valence-electron chi connectivity index (χ3n) is 2.13. The van der Waals surface area contributed by atoms with Gasteiger partial charge in [-0.25, -0.2) is 9.18 Å². The Labute approximate surface area is 101 Å². The van der Waals surface area contributed by atoms with Crippen LogP contribution in [0.2, 0.25) is 0 Å². The minimum absolute atomic E-state index is 0.320. The van der Waals surface area contributed by atoms with Gasteiger partial charge in [0.25, 0.3) is 0 Å². The minimum Gasteiger partial charge on any atom is -0.488 e. The van der Waals surface area contributed by atoms with E-state index in [4.69, 9.17) is 9.84 Å². The predicted molar refractivity (Wildman–Crippen MR) is 62.0 cm³/mol. The molecule has 0 aliphatic heterocycles. The molecule has 1 aromatic heterocycles. The molecule has 0 aliphatic rings. The summed E-state index contributed by atoms with van der Waals surface area (Å²) in [6.45, 7) is 0.351. The molecule has 5 heteroatoms. The molecule has 0 saturated carbocycles. The number of carboxylic acid groups (broad SMARTS) is 1. The Bertz CT molecular complexity index is 523. The first-order valence-corrected chi connectivity index (χ1v) is 5.73. The van der Waals surface area contributed by atoms with Crippen LogP contribution in [-0.2, 0) is 6.61 Å². The van der Waals surface area contributed by atoms with Gasteiger partial charge in [0.1, 0.15) is 18.2 Å². The second-order valence-corrected chi connectivity index (χ2v) is 4.35. The summed E-state index contributed by atoms with van der Waals surface area (Å²) < 4.78 is 18.7. The van der Waals surface area contributed by atoms with Crippen molar-refractivity contribution in [3.8, 4) is 5.75 Å². The zero-order chi connectivity index (χ0) is 12.3.